The van der Waals surface area contributed by atoms with Crippen LogP contribution in [0.5, 0.6) is 0 Å². The van der Waals surface area contributed by atoms with Crippen LogP contribution in [0, 0.1) is 0 Å². The molecule has 2 aromatic heterocycles. The summed E-state index contributed by atoms with van der Waals surface area (Å²) in [5.74, 6) is -0.0872. The van der Waals surface area contributed by atoms with E-state index in [1.165, 1.54) is 17.1 Å². The molecule has 2 heterocycles. The number of nitrogens with zero attached hydrogens (tertiary/aromatic N) is 4. The van der Waals surface area contributed by atoms with Gasteiger partial charge in [0.15, 0.2) is 11.4 Å². The van der Waals surface area contributed by atoms with E-state index < -0.39 is 0 Å². The highest BCUT2D eigenvalue weighted by molar-refractivity contribution is 5.97. The number of ketones is 1. The van der Waals surface area contributed by atoms with Crippen molar-refractivity contribution in [3.8, 4) is 5.69 Å². The molecule has 6 nitrogen and oxygen atoms in total. The first-order valence-corrected chi connectivity index (χ1v) is 9.76. The fourth-order valence-corrected chi connectivity index (χ4v) is 3.47. The number of hydrogen-bond acceptors (Lipinski definition) is 4. The summed E-state index contributed by atoms with van der Waals surface area (Å²) in [4.78, 5) is 30.3. The number of benzene rings is 2. The quantitative estimate of drug-likeness (QED) is 0.475. The summed E-state index contributed by atoms with van der Waals surface area (Å²) in [6.07, 6.45) is 4.56. The van der Waals surface area contributed by atoms with Crippen molar-refractivity contribution < 1.29 is 4.79 Å². The Bertz CT molecular complexity index is 1240. The van der Waals surface area contributed by atoms with Crippen LogP contribution in [0.15, 0.2) is 65.8 Å². The van der Waals surface area contributed by atoms with Gasteiger partial charge in [-0.2, -0.15) is 5.10 Å². The van der Waals surface area contributed by atoms with Crippen LogP contribution in [0.3, 0.4) is 0 Å². The summed E-state index contributed by atoms with van der Waals surface area (Å²) in [5.41, 5.74) is 3.81. The zero-order valence-corrected chi connectivity index (χ0v) is 16.5. The average molecular weight is 386 g/mol. The summed E-state index contributed by atoms with van der Waals surface area (Å²) < 4.78 is 2.99. The summed E-state index contributed by atoms with van der Waals surface area (Å²) in [7, 11) is 0. The summed E-state index contributed by atoms with van der Waals surface area (Å²) >= 11 is 0. The molecule has 0 aliphatic heterocycles. The maximum absolute atomic E-state index is 13.0. The molecule has 0 bridgehead atoms. The monoisotopic (exact) mass is 386 g/mol. The van der Waals surface area contributed by atoms with Crippen LogP contribution in [0.1, 0.15) is 35.3 Å². The van der Waals surface area contributed by atoms with Gasteiger partial charge in [-0.1, -0.05) is 44.2 Å². The third kappa shape index (κ3) is 3.49. The van der Waals surface area contributed by atoms with Crippen molar-refractivity contribution in [2.75, 3.05) is 0 Å². The number of fused-ring (bicyclic) bond motifs is 1. The molecule has 6 heteroatoms. The molecule has 29 heavy (non-hydrogen) atoms. The molecule has 0 aliphatic rings. The zero-order chi connectivity index (χ0) is 20.4. The molecule has 0 aliphatic carbocycles. The first-order chi connectivity index (χ1) is 14.1. The molecule has 0 saturated carbocycles. The molecule has 0 amide bonds. The van der Waals surface area contributed by atoms with Gasteiger partial charge in [0.25, 0.3) is 5.56 Å². The molecular formula is C23H22N4O2. The van der Waals surface area contributed by atoms with Gasteiger partial charge in [-0.05, 0) is 42.2 Å². The maximum Gasteiger partial charge on any atom is 0.264 e. The lowest BCUT2D eigenvalue weighted by atomic mass is 9.97. The van der Waals surface area contributed by atoms with Crippen LogP contribution in [0.4, 0.5) is 0 Å². The van der Waals surface area contributed by atoms with Gasteiger partial charge in [-0.3, -0.25) is 14.2 Å². The number of carbonyl (C=O) groups is 1. The standard InChI is InChI=1S/C23H22N4O2/c1-3-16-10-11-17(4-2)19(12-16)21(28)14-26-15-24-22-20(23(26)29)13-25-27(22)18-8-6-5-7-9-18/h5-13,15H,3-4,14H2,1-2H3. The largest absolute Gasteiger partial charge is 0.292 e. The number of aromatic nitrogens is 4. The van der Waals surface area contributed by atoms with Crippen molar-refractivity contribution in [2.45, 2.75) is 33.2 Å². The molecule has 0 saturated heterocycles. The Labute approximate surface area is 168 Å². The second-order valence-corrected chi connectivity index (χ2v) is 6.93. The number of para-hydroxylation sites is 1. The van der Waals surface area contributed by atoms with Gasteiger partial charge >= 0.3 is 0 Å². The molecule has 0 unspecified atom stereocenters. The lowest BCUT2D eigenvalue weighted by molar-refractivity contribution is 0.0969. The highest BCUT2D eigenvalue weighted by Crippen LogP contribution is 2.16. The van der Waals surface area contributed by atoms with Gasteiger partial charge in [-0.25, -0.2) is 9.67 Å². The molecule has 0 fully saturated rings. The summed E-state index contributed by atoms with van der Waals surface area (Å²) in [6.45, 7) is 4.04. The molecule has 4 rings (SSSR count). The molecule has 0 radical (unpaired) electrons. The third-order valence-corrected chi connectivity index (χ3v) is 5.13. The van der Waals surface area contributed by atoms with E-state index in [4.69, 9.17) is 0 Å². The minimum atomic E-state index is -0.268. The van der Waals surface area contributed by atoms with Crippen molar-refractivity contribution in [3.63, 3.8) is 0 Å². The Morgan fingerprint density at radius 2 is 1.83 bits per heavy atom. The van der Waals surface area contributed by atoms with Crippen molar-refractivity contribution in [2.24, 2.45) is 0 Å². The van der Waals surface area contributed by atoms with E-state index >= 15 is 0 Å². The Kier molecular flexibility index (Phi) is 5.08. The molecular weight excluding hydrogens is 364 g/mol. The summed E-state index contributed by atoms with van der Waals surface area (Å²) in [5, 5.41) is 4.70. The van der Waals surface area contributed by atoms with Gasteiger partial charge in [0.2, 0.25) is 0 Å². The van der Waals surface area contributed by atoms with Crippen LogP contribution >= 0.6 is 0 Å². The topological polar surface area (TPSA) is 69.8 Å². The van der Waals surface area contributed by atoms with Gasteiger partial charge in [0.05, 0.1) is 18.4 Å². The number of aryl methyl sites for hydroxylation is 2. The van der Waals surface area contributed by atoms with Crippen molar-refractivity contribution in [1.29, 1.82) is 0 Å². The molecule has 4 aromatic rings. The number of carbonyl (C=O) groups excluding carboxylic acids is 1. The number of Topliss-reactive ketones (excluding diaryl/α,β-unsaturated/α-hetero) is 1. The number of hydrogen-bond donors (Lipinski definition) is 0. The average Bonchev–Trinajstić information content (AvgIpc) is 3.20. The Balaban J connectivity index is 1.70. The highest BCUT2D eigenvalue weighted by Gasteiger charge is 2.16. The fraction of sp³-hybridized carbons (Fsp3) is 0.217. The minimum absolute atomic E-state index is 0.0432. The first-order valence-electron chi connectivity index (χ1n) is 9.76. The van der Waals surface area contributed by atoms with Gasteiger partial charge in [0, 0.05) is 5.56 Å². The van der Waals surface area contributed by atoms with Crippen LogP contribution in [-0.2, 0) is 19.4 Å². The van der Waals surface area contributed by atoms with Gasteiger partial charge in [0.1, 0.15) is 11.7 Å². The van der Waals surface area contributed by atoms with Crippen molar-refractivity contribution in [1.82, 2.24) is 19.3 Å². The predicted molar refractivity (Wildman–Crippen MR) is 113 cm³/mol. The van der Waals surface area contributed by atoms with Crippen LogP contribution < -0.4 is 5.56 Å². The van der Waals surface area contributed by atoms with E-state index in [9.17, 15) is 9.59 Å². The fourth-order valence-electron chi connectivity index (χ4n) is 3.47. The highest BCUT2D eigenvalue weighted by atomic mass is 16.1. The normalized spacial score (nSPS) is 11.1. The second-order valence-electron chi connectivity index (χ2n) is 6.93. The van der Waals surface area contributed by atoms with Crippen LogP contribution in [0.25, 0.3) is 16.7 Å². The van der Waals surface area contributed by atoms with Crippen LogP contribution in [-0.4, -0.2) is 25.1 Å². The molecule has 0 atom stereocenters. The van der Waals surface area contributed by atoms with E-state index in [-0.39, 0.29) is 17.9 Å². The molecule has 146 valence electrons. The zero-order valence-electron chi connectivity index (χ0n) is 16.5. The molecule has 0 spiro atoms. The van der Waals surface area contributed by atoms with Crippen molar-refractivity contribution in [3.05, 3.63) is 88.1 Å². The lowest BCUT2D eigenvalue weighted by Crippen LogP contribution is -2.25. The SMILES string of the molecule is CCc1ccc(CC)c(C(=O)Cn2cnc3c(cnn3-c3ccccc3)c2=O)c1. The minimum Gasteiger partial charge on any atom is -0.292 e. The van der Waals surface area contributed by atoms with Crippen LogP contribution in [0.2, 0.25) is 0 Å². The molecule has 0 N–H and O–H groups in total. The Morgan fingerprint density at radius 3 is 2.55 bits per heavy atom. The van der Waals surface area contributed by atoms with E-state index in [0.717, 1.165) is 29.7 Å². The molecule has 2 aromatic carbocycles. The predicted octanol–water partition coefficient (Wildman–Crippen LogP) is 3.59. The van der Waals surface area contributed by atoms with Crippen molar-refractivity contribution >= 4 is 16.8 Å². The van der Waals surface area contributed by atoms with Gasteiger partial charge in [-0.15, -0.1) is 0 Å². The number of rotatable bonds is 6. The van der Waals surface area contributed by atoms with E-state index in [1.807, 2.05) is 55.5 Å². The third-order valence-electron chi connectivity index (χ3n) is 5.13. The Hall–Kier alpha value is -3.54. The smallest absolute Gasteiger partial charge is 0.264 e. The first kappa shape index (κ1) is 18.8. The van der Waals surface area contributed by atoms with Gasteiger partial charge < -0.3 is 0 Å². The summed E-state index contributed by atoms with van der Waals surface area (Å²) in [6, 6.07) is 15.5. The van der Waals surface area contributed by atoms with E-state index in [0.29, 0.717) is 16.6 Å². The lowest BCUT2D eigenvalue weighted by Gasteiger charge is -2.10. The van der Waals surface area contributed by atoms with E-state index in [1.54, 1.807) is 4.68 Å². The second kappa shape index (κ2) is 7.83. The Morgan fingerprint density at radius 1 is 1.03 bits per heavy atom. The van der Waals surface area contributed by atoms with E-state index in [2.05, 4.69) is 17.0 Å². The maximum atomic E-state index is 13.0.